The SMILES string of the molecule is COc1ccccc1CNC(=O)c1ccc2c(c1)ncn2-c1cccc(C)c1. The van der Waals surface area contributed by atoms with Crippen LogP contribution in [0.15, 0.2) is 73.1 Å². The van der Waals surface area contributed by atoms with Crippen LogP contribution in [0.4, 0.5) is 0 Å². The van der Waals surface area contributed by atoms with E-state index in [2.05, 4.69) is 29.4 Å². The van der Waals surface area contributed by atoms with Gasteiger partial charge in [0.25, 0.3) is 5.91 Å². The molecule has 0 saturated carbocycles. The van der Waals surface area contributed by atoms with Crippen molar-refractivity contribution in [1.29, 1.82) is 0 Å². The van der Waals surface area contributed by atoms with Gasteiger partial charge in [0.2, 0.25) is 0 Å². The maximum absolute atomic E-state index is 12.6. The molecule has 0 aliphatic rings. The molecule has 5 nitrogen and oxygen atoms in total. The monoisotopic (exact) mass is 371 g/mol. The molecule has 1 heterocycles. The van der Waals surface area contributed by atoms with Gasteiger partial charge in [0.1, 0.15) is 12.1 Å². The summed E-state index contributed by atoms with van der Waals surface area (Å²) in [5.41, 5.74) is 5.50. The molecule has 1 aromatic heterocycles. The van der Waals surface area contributed by atoms with Gasteiger partial charge < -0.3 is 10.1 Å². The zero-order chi connectivity index (χ0) is 19.5. The van der Waals surface area contributed by atoms with Gasteiger partial charge in [-0.1, -0.05) is 30.3 Å². The Balaban J connectivity index is 1.56. The van der Waals surface area contributed by atoms with E-state index in [1.165, 1.54) is 5.56 Å². The zero-order valence-electron chi connectivity index (χ0n) is 15.8. The summed E-state index contributed by atoms with van der Waals surface area (Å²) in [6, 6.07) is 21.5. The number of carbonyl (C=O) groups excluding carboxylic acids is 1. The summed E-state index contributed by atoms with van der Waals surface area (Å²) >= 11 is 0. The van der Waals surface area contributed by atoms with Gasteiger partial charge in [0.05, 0.1) is 18.1 Å². The average Bonchev–Trinajstić information content (AvgIpc) is 3.15. The number of aromatic nitrogens is 2. The number of methoxy groups -OCH3 is 1. The van der Waals surface area contributed by atoms with E-state index in [0.717, 1.165) is 28.0 Å². The number of imidazole rings is 1. The zero-order valence-corrected chi connectivity index (χ0v) is 15.8. The van der Waals surface area contributed by atoms with Gasteiger partial charge in [-0.05, 0) is 48.9 Å². The van der Waals surface area contributed by atoms with Gasteiger partial charge in [-0.15, -0.1) is 0 Å². The molecule has 140 valence electrons. The third-order valence-electron chi connectivity index (χ3n) is 4.72. The lowest BCUT2D eigenvalue weighted by atomic mass is 10.1. The number of aryl methyl sites for hydroxylation is 1. The van der Waals surface area contributed by atoms with Crippen LogP contribution in [-0.2, 0) is 6.54 Å². The second kappa shape index (κ2) is 7.56. The summed E-state index contributed by atoms with van der Waals surface area (Å²) in [4.78, 5) is 17.1. The number of hydrogen-bond donors (Lipinski definition) is 1. The molecule has 5 heteroatoms. The molecule has 1 amide bonds. The van der Waals surface area contributed by atoms with Gasteiger partial charge >= 0.3 is 0 Å². The summed E-state index contributed by atoms with van der Waals surface area (Å²) in [6.07, 6.45) is 1.79. The molecular weight excluding hydrogens is 350 g/mol. The molecule has 1 N–H and O–H groups in total. The van der Waals surface area contributed by atoms with Crippen LogP contribution in [0.5, 0.6) is 5.75 Å². The van der Waals surface area contributed by atoms with E-state index in [1.54, 1.807) is 13.4 Å². The van der Waals surface area contributed by atoms with Crippen molar-refractivity contribution in [2.75, 3.05) is 7.11 Å². The Bertz CT molecular complexity index is 1150. The second-order valence-electron chi connectivity index (χ2n) is 6.65. The highest BCUT2D eigenvalue weighted by Gasteiger charge is 2.11. The predicted molar refractivity (Wildman–Crippen MR) is 110 cm³/mol. The highest BCUT2D eigenvalue weighted by molar-refractivity contribution is 5.97. The maximum Gasteiger partial charge on any atom is 0.251 e. The van der Waals surface area contributed by atoms with Crippen molar-refractivity contribution in [3.8, 4) is 11.4 Å². The largest absolute Gasteiger partial charge is 0.496 e. The molecule has 28 heavy (non-hydrogen) atoms. The number of carbonyl (C=O) groups is 1. The van der Waals surface area contributed by atoms with Gasteiger partial charge in [-0.25, -0.2) is 4.98 Å². The number of para-hydroxylation sites is 1. The fraction of sp³-hybridized carbons (Fsp3) is 0.130. The van der Waals surface area contributed by atoms with Crippen LogP contribution in [0.3, 0.4) is 0 Å². The fourth-order valence-electron chi connectivity index (χ4n) is 3.26. The molecule has 0 saturated heterocycles. The Morgan fingerprint density at radius 1 is 1.07 bits per heavy atom. The molecule has 4 aromatic rings. The smallest absolute Gasteiger partial charge is 0.251 e. The highest BCUT2D eigenvalue weighted by atomic mass is 16.5. The number of ether oxygens (including phenoxy) is 1. The Kier molecular flexibility index (Phi) is 4.81. The highest BCUT2D eigenvalue weighted by Crippen LogP contribution is 2.21. The molecule has 0 aliphatic heterocycles. The molecule has 0 bridgehead atoms. The molecule has 0 radical (unpaired) electrons. The van der Waals surface area contributed by atoms with Crippen LogP contribution in [0, 0.1) is 6.92 Å². The van der Waals surface area contributed by atoms with E-state index < -0.39 is 0 Å². The number of amides is 1. The number of nitrogens with zero attached hydrogens (tertiary/aromatic N) is 2. The first-order chi connectivity index (χ1) is 13.7. The molecule has 0 unspecified atom stereocenters. The second-order valence-corrected chi connectivity index (χ2v) is 6.65. The third-order valence-corrected chi connectivity index (χ3v) is 4.72. The minimum Gasteiger partial charge on any atom is -0.496 e. The molecule has 0 aliphatic carbocycles. The van der Waals surface area contributed by atoms with Crippen molar-refractivity contribution < 1.29 is 9.53 Å². The van der Waals surface area contributed by atoms with E-state index in [-0.39, 0.29) is 5.91 Å². The molecule has 3 aromatic carbocycles. The Morgan fingerprint density at radius 2 is 1.93 bits per heavy atom. The lowest BCUT2D eigenvalue weighted by Gasteiger charge is -2.10. The third kappa shape index (κ3) is 3.47. The first kappa shape index (κ1) is 17.8. The number of benzene rings is 3. The van der Waals surface area contributed by atoms with Crippen LogP contribution in [0.2, 0.25) is 0 Å². The molecule has 0 atom stereocenters. The summed E-state index contributed by atoms with van der Waals surface area (Å²) in [5, 5.41) is 2.95. The van der Waals surface area contributed by atoms with Crippen LogP contribution in [0.1, 0.15) is 21.5 Å². The quantitative estimate of drug-likeness (QED) is 0.570. The lowest BCUT2D eigenvalue weighted by Crippen LogP contribution is -2.23. The summed E-state index contributed by atoms with van der Waals surface area (Å²) < 4.78 is 7.36. The van der Waals surface area contributed by atoms with Crippen LogP contribution < -0.4 is 10.1 Å². The van der Waals surface area contributed by atoms with E-state index in [4.69, 9.17) is 4.74 Å². The molecular formula is C23H21N3O2. The number of hydrogen-bond acceptors (Lipinski definition) is 3. The predicted octanol–water partition coefficient (Wildman–Crippen LogP) is 4.27. The Labute approximate surface area is 163 Å². The van der Waals surface area contributed by atoms with Crippen LogP contribution >= 0.6 is 0 Å². The van der Waals surface area contributed by atoms with E-state index >= 15 is 0 Å². The first-order valence-corrected chi connectivity index (χ1v) is 9.10. The topological polar surface area (TPSA) is 56.1 Å². The van der Waals surface area contributed by atoms with Gasteiger partial charge in [-0.3, -0.25) is 9.36 Å². The van der Waals surface area contributed by atoms with E-state index in [1.807, 2.05) is 59.2 Å². The standard InChI is InChI=1S/C23H21N3O2/c1-16-6-5-8-19(12-16)26-15-25-20-13-17(10-11-21(20)26)23(27)24-14-18-7-3-4-9-22(18)28-2/h3-13,15H,14H2,1-2H3,(H,24,27). The molecule has 0 fully saturated rings. The Morgan fingerprint density at radius 3 is 2.75 bits per heavy atom. The minimum absolute atomic E-state index is 0.141. The first-order valence-electron chi connectivity index (χ1n) is 9.10. The fourth-order valence-corrected chi connectivity index (χ4v) is 3.26. The van der Waals surface area contributed by atoms with Gasteiger partial charge in [0, 0.05) is 23.4 Å². The maximum atomic E-state index is 12.6. The van der Waals surface area contributed by atoms with Crippen molar-refractivity contribution >= 4 is 16.9 Å². The van der Waals surface area contributed by atoms with Gasteiger partial charge in [-0.2, -0.15) is 0 Å². The molecule has 0 spiro atoms. The minimum atomic E-state index is -0.141. The van der Waals surface area contributed by atoms with Crippen LogP contribution in [-0.4, -0.2) is 22.6 Å². The number of rotatable bonds is 5. The number of fused-ring (bicyclic) bond motifs is 1. The average molecular weight is 371 g/mol. The number of nitrogens with one attached hydrogen (secondary N) is 1. The normalized spacial score (nSPS) is 10.8. The summed E-state index contributed by atoms with van der Waals surface area (Å²) in [7, 11) is 1.62. The Hall–Kier alpha value is -3.60. The van der Waals surface area contributed by atoms with Gasteiger partial charge in [0.15, 0.2) is 0 Å². The lowest BCUT2D eigenvalue weighted by molar-refractivity contribution is 0.0951. The molecule has 4 rings (SSSR count). The van der Waals surface area contributed by atoms with Crippen molar-refractivity contribution in [1.82, 2.24) is 14.9 Å². The summed E-state index contributed by atoms with van der Waals surface area (Å²) in [6.45, 7) is 2.46. The summed E-state index contributed by atoms with van der Waals surface area (Å²) in [5.74, 6) is 0.619. The van der Waals surface area contributed by atoms with E-state index in [0.29, 0.717) is 12.1 Å². The van der Waals surface area contributed by atoms with Crippen molar-refractivity contribution in [2.45, 2.75) is 13.5 Å². The van der Waals surface area contributed by atoms with Crippen molar-refractivity contribution in [2.24, 2.45) is 0 Å². The van der Waals surface area contributed by atoms with E-state index in [9.17, 15) is 4.79 Å². The van der Waals surface area contributed by atoms with Crippen molar-refractivity contribution in [3.05, 3.63) is 89.7 Å². The van der Waals surface area contributed by atoms with Crippen molar-refractivity contribution in [3.63, 3.8) is 0 Å². The van der Waals surface area contributed by atoms with Crippen LogP contribution in [0.25, 0.3) is 16.7 Å².